The lowest BCUT2D eigenvalue weighted by Gasteiger charge is -2.23. The van der Waals surface area contributed by atoms with E-state index in [0.29, 0.717) is 5.75 Å². The minimum atomic E-state index is -0.647. The standard InChI is InChI=1S/C25H26ClNO2/c1-16-10-12-21(13-11-16)24(20-8-6-5-7-9-20)27-25(28)19(4)29-22-14-17(2)23(26)18(3)15-22/h5-15,19,24H,1-4H3,(H,27,28)/t19-,24-/m1/s1. The van der Waals surface area contributed by atoms with Crippen LogP contribution in [0, 0.1) is 20.8 Å². The van der Waals surface area contributed by atoms with Crippen LogP contribution in [0.15, 0.2) is 66.7 Å². The molecule has 1 amide bonds. The second-order valence-corrected chi connectivity index (χ2v) is 7.77. The minimum absolute atomic E-state index is 0.176. The first-order valence-electron chi connectivity index (χ1n) is 9.70. The molecule has 0 aromatic heterocycles. The first-order valence-corrected chi connectivity index (χ1v) is 10.1. The predicted molar refractivity (Wildman–Crippen MR) is 119 cm³/mol. The van der Waals surface area contributed by atoms with Crippen LogP contribution in [-0.2, 0) is 4.79 Å². The van der Waals surface area contributed by atoms with Gasteiger partial charge >= 0.3 is 0 Å². The van der Waals surface area contributed by atoms with Gasteiger partial charge in [-0.15, -0.1) is 0 Å². The molecule has 0 aliphatic heterocycles. The fraction of sp³-hybridized carbons (Fsp3) is 0.240. The third-order valence-corrected chi connectivity index (χ3v) is 5.52. The van der Waals surface area contributed by atoms with Crippen molar-refractivity contribution in [1.82, 2.24) is 5.32 Å². The molecule has 0 unspecified atom stereocenters. The maximum atomic E-state index is 12.9. The number of hydrogen-bond acceptors (Lipinski definition) is 2. The highest BCUT2D eigenvalue weighted by atomic mass is 35.5. The van der Waals surface area contributed by atoms with Gasteiger partial charge in [0.1, 0.15) is 5.75 Å². The third-order valence-electron chi connectivity index (χ3n) is 4.92. The SMILES string of the molecule is Cc1ccc([C@H](NC(=O)[C@@H](C)Oc2cc(C)c(Cl)c(C)c2)c2ccccc2)cc1. The highest BCUT2D eigenvalue weighted by Gasteiger charge is 2.22. The molecule has 3 aromatic carbocycles. The normalized spacial score (nSPS) is 12.9. The van der Waals surface area contributed by atoms with Gasteiger partial charge in [-0.2, -0.15) is 0 Å². The van der Waals surface area contributed by atoms with Gasteiger partial charge < -0.3 is 10.1 Å². The van der Waals surface area contributed by atoms with E-state index in [2.05, 4.69) is 17.4 Å². The summed E-state index contributed by atoms with van der Waals surface area (Å²) in [5, 5.41) is 3.86. The Hall–Kier alpha value is -2.78. The van der Waals surface area contributed by atoms with Crippen molar-refractivity contribution in [3.63, 3.8) is 0 Å². The lowest BCUT2D eigenvalue weighted by atomic mass is 9.97. The summed E-state index contributed by atoms with van der Waals surface area (Å²) in [6.45, 7) is 7.66. The molecule has 0 radical (unpaired) electrons. The van der Waals surface area contributed by atoms with Crippen LogP contribution in [0.2, 0.25) is 5.02 Å². The van der Waals surface area contributed by atoms with Gasteiger partial charge in [0, 0.05) is 5.02 Å². The minimum Gasteiger partial charge on any atom is -0.481 e. The quantitative estimate of drug-likeness (QED) is 0.549. The van der Waals surface area contributed by atoms with Crippen LogP contribution in [0.5, 0.6) is 5.75 Å². The van der Waals surface area contributed by atoms with Crippen LogP contribution in [-0.4, -0.2) is 12.0 Å². The number of aryl methyl sites for hydroxylation is 3. The molecular formula is C25H26ClNO2. The Kier molecular flexibility index (Phi) is 6.60. The highest BCUT2D eigenvalue weighted by Crippen LogP contribution is 2.27. The van der Waals surface area contributed by atoms with Crippen molar-refractivity contribution < 1.29 is 9.53 Å². The van der Waals surface area contributed by atoms with Gasteiger partial charge in [0.2, 0.25) is 0 Å². The van der Waals surface area contributed by atoms with Crippen molar-refractivity contribution in [2.45, 2.75) is 39.8 Å². The van der Waals surface area contributed by atoms with Crippen molar-refractivity contribution in [3.05, 3.63) is 99.6 Å². The summed E-state index contributed by atoms with van der Waals surface area (Å²) in [5.74, 6) is 0.461. The Bertz CT molecular complexity index is 960. The molecule has 2 atom stereocenters. The smallest absolute Gasteiger partial charge is 0.261 e. The predicted octanol–water partition coefficient (Wildman–Crippen LogP) is 5.94. The molecule has 0 aliphatic rings. The largest absolute Gasteiger partial charge is 0.481 e. The van der Waals surface area contributed by atoms with Gasteiger partial charge in [-0.3, -0.25) is 4.79 Å². The molecule has 1 N–H and O–H groups in total. The monoisotopic (exact) mass is 407 g/mol. The lowest BCUT2D eigenvalue weighted by molar-refractivity contribution is -0.127. The summed E-state index contributed by atoms with van der Waals surface area (Å²) < 4.78 is 5.91. The van der Waals surface area contributed by atoms with E-state index in [1.54, 1.807) is 6.92 Å². The van der Waals surface area contributed by atoms with E-state index in [-0.39, 0.29) is 11.9 Å². The van der Waals surface area contributed by atoms with E-state index < -0.39 is 6.10 Å². The number of rotatable bonds is 6. The molecule has 0 aliphatic carbocycles. The number of halogens is 1. The highest BCUT2D eigenvalue weighted by molar-refractivity contribution is 6.32. The van der Waals surface area contributed by atoms with E-state index in [0.717, 1.165) is 27.3 Å². The first kappa shape index (κ1) is 20.9. The third kappa shape index (κ3) is 5.18. The van der Waals surface area contributed by atoms with E-state index in [4.69, 9.17) is 16.3 Å². The number of ether oxygens (including phenoxy) is 1. The van der Waals surface area contributed by atoms with Crippen molar-refractivity contribution in [1.29, 1.82) is 0 Å². The Labute approximate surface area is 177 Å². The van der Waals surface area contributed by atoms with Crippen LogP contribution in [0.25, 0.3) is 0 Å². The van der Waals surface area contributed by atoms with Crippen LogP contribution < -0.4 is 10.1 Å². The fourth-order valence-electron chi connectivity index (χ4n) is 3.25. The second-order valence-electron chi connectivity index (χ2n) is 7.39. The molecule has 0 bridgehead atoms. The molecule has 29 heavy (non-hydrogen) atoms. The average molecular weight is 408 g/mol. The Morgan fingerprint density at radius 2 is 1.45 bits per heavy atom. The molecular weight excluding hydrogens is 382 g/mol. The molecule has 3 aromatic rings. The zero-order valence-electron chi connectivity index (χ0n) is 17.2. The summed E-state index contributed by atoms with van der Waals surface area (Å²) in [6.07, 6.45) is -0.647. The van der Waals surface area contributed by atoms with E-state index >= 15 is 0 Å². The van der Waals surface area contributed by atoms with Gasteiger partial charge in [-0.1, -0.05) is 71.8 Å². The molecule has 0 saturated heterocycles. The molecule has 0 saturated carbocycles. The molecule has 0 fully saturated rings. The molecule has 150 valence electrons. The zero-order chi connectivity index (χ0) is 21.0. The average Bonchev–Trinajstić information content (AvgIpc) is 2.71. The Balaban J connectivity index is 1.80. The van der Waals surface area contributed by atoms with Crippen LogP contribution in [0.4, 0.5) is 0 Å². The lowest BCUT2D eigenvalue weighted by Crippen LogP contribution is -2.39. The van der Waals surface area contributed by atoms with E-state index in [1.807, 2.05) is 75.4 Å². The number of carbonyl (C=O) groups is 1. The van der Waals surface area contributed by atoms with E-state index in [9.17, 15) is 4.79 Å². The van der Waals surface area contributed by atoms with Crippen molar-refractivity contribution >= 4 is 17.5 Å². The Morgan fingerprint density at radius 3 is 2.03 bits per heavy atom. The summed E-state index contributed by atoms with van der Waals surface area (Å²) in [4.78, 5) is 12.9. The molecule has 4 heteroatoms. The van der Waals surface area contributed by atoms with Crippen LogP contribution in [0.3, 0.4) is 0 Å². The van der Waals surface area contributed by atoms with Crippen LogP contribution >= 0.6 is 11.6 Å². The summed E-state index contributed by atoms with van der Waals surface area (Å²) in [5.41, 5.74) is 5.08. The molecule has 3 nitrogen and oxygen atoms in total. The molecule has 0 spiro atoms. The first-order chi connectivity index (χ1) is 13.8. The van der Waals surface area contributed by atoms with Crippen molar-refractivity contribution in [2.75, 3.05) is 0 Å². The number of hydrogen-bond donors (Lipinski definition) is 1. The maximum Gasteiger partial charge on any atom is 0.261 e. The van der Waals surface area contributed by atoms with Crippen molar-refractivity contribution in [2.24, 2.45) is 0 Å². The maximum absolute atomic E-state index is 12.9. The molecule has 0 heterocycles. The summed E-state index contributed by atoms with van der Waals surface area (Å²) in [6, 6.07) is 21.6. The number of benzene rings is 3. The number of nitrogens with one attached hydrogen (secondary N) is 1. The fourth-order valence-corrected chi connectivity index (χ4v) is 3.36. The van der Waals surface area contributed by atoms with Gasteiger partial charge in [0.05, 0.1) is 6.04 Å². The molecule has 3 rings (SSSR count). The topological polar surface area (TPSA) is 38.3 Å². The van der Waals surface area contributed by atoms with Crippen LogP contribution in [0.1, 0.15) is 40.8 Å². The zero-order valence-corrected chi connectivity index (χ0v) is 18.0. The second kappa shape index (κ2) is 9.15. The summed E-state index contributed by atoms with van der Waals surface area (Å²) in [7, 11) is 0. The number of amides is 1. The van der Waals surface area contributed by atoms with Gasteiger partial charge in [0.15, 0.2) is 6.10 Å². The van der Waals surface area contributed by atoms with Gasteiger partial charge in [-0.05, 0) is 62.1 Å². The Morgan fingerprint density at radius 1 is 0.897 bits per heavy atom. The summed E-state index contributed by atoms with van der Waals surface area (Å²) >= 11 is 6.23. The van der Waals surface area contributed by atoms with Gasteiger partial charge in [0.25, 0.3) is 5.91 Å². The van der Waals surface area contributed by atoms with E-state index in [1.165, 1.54) is 5.56 Å². The number of carbonyl (C=O) groups excluding carboxylic acids is 1. The van der Waals surface area contributed by atoms with Gasteiger partial charge in [-0.25, -0.2) is 0 Å². The van der Waals surface area contributed by atoms with Crippen molar-refractivity contribution in [3.8, 4) is 5.75 Å².